The number of carbonyl (C=O) groups is 2. The van der Waals surface area contributed by atoms with Crippen LogP contribution < -0.4 is 27.0 Å². The van der Waals surface area contributed by atoms with Gasteiger partial charge in [-0.25, -0.2) is 0 Å². The lowest BCUT2D eigenvalue weighted by Gasteiger charge is -2.38. The predicted octanol–water partition coefficient (Wildman–Crippen LogP) is 5.92. The fraction of sp³-hybridized carbons (Fsp3) is 0.375. The summed E-state index contributed by atoms with van der Waals surface area (Å²) < 4.78 is 36.6. The number of rotatable bonds is 6. The number of nitrogens with zero attached hydrogens (tertiary/aromatic N) is 8. The molecule has 2 aromatic carbocycles. The van der Waals surface area contributed by atoms with Crippen molar-refractivity contribution < 1.29 is 27.5 Å². The topological polar surface area (TPSA) is 205 Å². The Balaban J connectivity index is 0.000000212. The summed E-state index contributed by atoms with van der Waals surface area (Å²) in [7, 11) is 0. The van der Waals surface area contributed by atoms with Crippen molar-refractivity contribution in [3.8, 4) is 22.5 Å². The molecule has 6 N–H and O–H groups in total. The summed E-state index contributed by atoms with van der Waals surface area (Å²) in [5.41, 5.74) is 19.3. The number of nitrogens with two attached hydrogens (primary N) is 3. The Hall–Kier alpha value is -4.29. The fourth-order valence-electron chi connectivity index (χ4n) is 4.84. The number of hydrogen-bond donors (Lipinski definition) is 3. The van der Waals surface area contributed by atoms with E-state index in [1.54, 1.807) is 36.4 Å². The molecule has 0 aliphatic carbocycles. The molecule has 53 heavy (non-hydrogen) atoms. The number of esters is 1. The molecule has 0 bridgehead atoms. The van der Waals surface area contributed by atoms with Crippen molar-refractivity contribution in [2.45, 2.75) is 45.0 Å². The lowest BCUT2D eigenvalue weighted by Crippen LogP contribution is -2.56. The first-order valence-corrected chi connectivity index (χ1v) is 17.2. The second-order valence-corrected chi connectivity index (χ2v) is 14.4. The van der Waals surface area contributed by atoms with E-state index in [9.17, 15) is 18.0 Å². The number of ether oxygens (including phenoxy) is 1. The van der Waals surface area contributed by atoms with E-state index in [1.165, 1.54) is 0 Å². The van der Waals surface area contributed by atoms with Gasteiger partial charge in [-0.05, 0) is 32.9 Å². The van der Waals surface area contributed by atoms with Crippen LogP contribution in [0.5, 0.6) is 0 Å². The second-order valence-electron chi connectivity index (χ2n) is 12.8. The maximum atomic E-state index is 11.9. The Kier molecular flexibility index (Phi) is 13.5. The summed E-state index contributed by atoms with van der Waals surface area (Å²) in [6.45, 7) is 8.28. The molecule has 4 aromatic rings. The molecule has 2 aromatic heterocycles. The van der Waals surface area contributed by atoms with Crippen LogP contribution in [0.4, 0.5) is 36.7 Å². The summed E-state index contributed by atoms with van der Waals surface area (Å²) in [6, 6.07) is 10.6. The number of benzene rings is 2. The summed E-state index contributed by atoms with van der Waals surface area (Å²) in [5, 5.41) is 18.1. The van der Waals surface area contributed by atoms with Crippen LogP contribution in [-0.4, -0.2) is 86.6 Å². The number of hydrogen-bond acceptors (Lipinski definition) is 14. The van der Waals surface area contributed by atoms with Gasteiger partial charge in [-0.15, -0.1) is 20.4 Å². The highest BCUT2D eigenvalue weighted by Crippen LogP contribution is 2.36. The van der Waals surface area contributed by atoms with Crippen LogP contribution >= 0.6 is 46.4 Å². The molecule has 14 nitrogen and oxygen atoms in total. The fourth-order valence-corrected chi connectivity index (χ4v) is 5.62. The Morgan fingerprint density at radius 3 is 1.58 bits per heavy atom. The highest BCUT2D eigenvalue weighted by molar-refractivity contribution is 6.44. The van der Waals surface area contributed by atoms with Gasteiger partial charge >= 0.3 is 12.1 Å². The number of nitrogen functional groups attached to an aromatic ring is 2. The van der Waals surface area contributed by atoms with Gasteiger partial charge in [0.1, 0.15) is 17.0 Å². The van der Waals surface area contributed by atoms with Crippen molar-refractivity contribution in [3.63, 3.8) is 0 Å². The molecule has 2 fully saturated rings. The van der Waals surface area contributed by atoms with Crippen LogP contribution in [0, 0.1) is 5.92 Å². The van der Waals surface area contributed by atoms with E-state index in [0.717, 1.165) is 0 Å². The number of carbonyl (C=O) groups excluding carboxylic acids is 2. The molecule has 0 unspecified atom stereocenters. The van der Waals surface area contributed by atoms with Gasteiger partial charge in [-0.3, -0.25) is 9.59 Å². The SMILES string of the molecule is CC(C)(C)OC(=O)CC1CN(c2nnc(-c3cccc(Cl)c3Cl)c(N)n2)C1.Nc1nc(N2CC(N)C2)nnc1-c1cccc(Cl)c1Cl.O=CC(F)(F)F. The van der Waals surface area contributed by atoms with E-state index in [0.29, 0.717) is 87.1 Å². The van der Waals surface area contributed by atoms with Gasteiger partial charge in [0.05, 0.1) is 26.5 Å². The second kappa shape index (κ2) is 17.2. The van der Waals surface area contributed by atoms with Gasteiger partial charge in [-0.2, -0.15) is 23.1 Å². The van der Waals surface area contributed by atoms with E-state index >= 15 is 0 Å². The van der Waals surface area contributed by atoms with Gasteiger partial charge < -0.3 is 31.7 Å². The molecule has 2 aliphatic heterocycles. The van der Waals surface area contributed by atoms with Gasteiger partial charge in [0.2, 0.25) is 18.2 Å². The van der Waals surface area contributed by atoms with E-state index in [-0.39, 0.29) is 29.6 Å². The van der Waals surface area contributed by atoms with Crippen molar-refractivity contribution in [2.75, 3.05) is 47.4 Å². The standard InChI is InChI=1S/C18H21Cl2N5O2.C12H12Cl2N6.C2HF3O/c1-18(2,3)27-13(26)7-10-8-25(9-10)17-22-16(21)15(23-24-17)11-5-4-6-12(19)14(11)20;13-8-3-1-2-7(9(8)14)10-11(16)17-12(19-18-10)20-4-6(15)5-20;3-2(4,5)1-6/h4-6,10H,7-9H2,1-3H3,(H2,21,22,24);1-3,6H,4-5,15H2,(H2,16,17,19);1H. The normalized spacial score (nSPS) is 14.5. The molecule has 0 spiro atoms. The molecule has 0 radical (unpaired) electrons. The third kappa shape index (κ3) is 11.4. The molecule has 0 saturated carbocycles. The third-order valence-corrected chi connectivity index (χ3v) is 8.90. The number of aldehydes is 1. The molecule has 0 atom stereocenters. The van der Waals surface area contributed by atoms with Gasteiger partial charge in [0.25, 0.3) is 0 Å². The minimum atomic E-state index is -4.64. The van der Waals surface area contributed by atoms with Gasteiger partial charge in [0, 0.05) is 49.3 Å². The number of halogens is 7. The van der Waals surface area contributed by atoms with Crippen LogP contribution in [0.2, 0.25) is 20.1 Å². The minimum absolute atomic E-state index is 0.155. The van der Waals surface area contributed by atoms with Gasteiger partial charge in [-0.1, -0.05) is 70.7 Å². The summed E-state index contributed by atoms with van der Waals surface area (Å²) in [4.78, 5) is 33.0. The van der Waals surface area contributed by atoms with Crippen LogP contribution in [0.15, 0.2) is 36.4 Å². The van der Waals surface area contributed by atoms with Crippen molar-refractivity contribution in [1.82, 2.24) is 30.4 Å². The number of aromatic nitrogens is 6. The Labute approximate surface area is 322 Å². The molecular formula is C32H34Cl4F3N11O3. The Bertz CT molecular complexity index is 1940. The van der Waals surface area contributed by atoms with Crippen molar-refractivity contribution in [2.24, 2.45) is 11.7 Å². The summed E-state index contributed by atoms with van der Waals surface area (Å²) in [6.07, 6.45) is -5.33. The lowest BCUT2D eigenvalue weighted by molar-refractivity contribution is -0.156. The zero-order valence-corrected chi connectivity index (χ0v) is 31.4. The molecule has 2 aliphatic rings. The van der Waals surface area contributed by atoms with Crippen molar-refractivity contribution in [1.29, 1.82) is 0 Å². The first-order valence-electron chi connectivity index (χ1n) is 15.7. The monoisotopic (exact) mass is 817 g/mol. The molecule has 0 amide bonds. The number of anilines is 4. The van der Waals surface area contributed by atoms with Crippen LogP contribution in [-0.2, 0) is 14.3 Å². The molecular weight excluding hydrogens is 785 g/mol. The third-order valence-electron chi connectivity index (χ3n) is 7.26. The van der Waals surface area contributed by atoms with Crippen LogP contribution in [0.1, 0.15) is 27.2 Å². The summed E-state index contributed by atoms with van der Waals surface area (Å²) >= 11 is 24.4. The molecule has 2 saturated heterocycles. The maximum Gasteiger partial charge on any atom is 0.446 e. The highest BCUT2D eigenvalue weighted by atomic mass is 35.5. The lowest BCUT2D eigenvalue weighted by atomic mass is 9.97. The van der Waals surface area contributed by atoms with Crippen molar-refractivity contribution in [3.05, 3.63) is 56.5 Å². The van der Waals surface area contributed by atoms with Crippen LogP contribution in [0.25, 0.3) is 22.5 Å². The summed E-state index contributed by atoms with van der Waals surface area (Å²) in [5.74, 6) is 1.39. The Morgan fingerprint density at radius 1 is 0.811 bits per heavy atom. The molecule has 4 heterocycles. The maximum absolute atomic E-state index is 11.9. The van der Waals surface area contributed by atoms with Crippen molar-refractivity contribution >= 4 is 82.2 Å². The van der Waals surface area contributed by atoms with Gasteiger partial charge in [0.15, 0.2) is 11.6 Å². The predicted molar refractivity (Wildman–Crippen MR) is 198 cm³/mol. The zero-order chi connectivity index (χ0) is 39.2. The first kappa shape index (κ1) is 41.5. The molecule has 6 rings (SSSR count). The quantitative estimate of drug-likeness (QED) is 0.153. The van der Waals surface area contributed by atoms with E-state index < -0.39 is 18.1 Å². The zero-order valence-electron chi connectivity index (χ0n) is 28.4. The number of alkyl halides is 3. The average Bonchev–Trinajstić information content (AvgIpc) is 3.03. The average molecular weight is 820 g/mol. The van der Waals surface area contributed by atoms with E-state index in [1.807, 2.05) is 30.6 Å². The van der Waals surface area contributed by atoms with E-state index in [2.05, 4.69) is 30.4 Å². The first-order chi connectivity index (χ1) is 24.8. The van der Waals surface area contributed by atoms with E-state index in [4.69, 9.17) is 73.1 Å². The largest absolute Gasteiger partial charge is 0.460 e. The Morgan fingerprint density at radius 2 is 1.23 bits per heavy atom. The smallest absolute Gasteiger partial charge is 0.446 e. The van der Waals surface area contributed by atoms with Crippen LogP contribution in [0.3, 0.4) is 0 Å². The highest BCUT2D eigenvalue weighted by Gasteiger charge is 2.33. The molecule has 284 valence electrons. The minimum Gasteiger partial charge on any atom is -0.460 e. The molecule has 21 heteroatoms.